The Labute approximate surface area is 123 Å². The summed E-state index contributed by atoms with van der Waals surface area (Å²) < 4.78 is 15.5. The molecule has 4 aromatic rings. The third kappa shape index (κ3) is 2.00. The van der Waals surface area contributed by atoms with Crippen molar-refractivity contribution in [2.24, 2.45) is 0 Å². The molecule has 0 aliphatic carbocycles. The first-order chi connectivity index (χ1) is 10.3. The lowest BCUT2D eigenvalue weighted by Crippen LogP contribution is -1.93. The molecule has 21 heavy (non-hydrogen) atoms. The first kappa shape index (κ1) is 12.2. The van der Waals surface area contributed by atoms with Crippen LogP contribution in [0.15, 0.2) is 54.6 Å². The van der Waals surface area contributed by atoms with Crippen LogP contribution in [-0.4, -0.2) is 19.8 Å². The number of aromatic nitrogens is 4. The van der Waals surface area contributed by atoms with E-state index in [2.05, 4.69) is 15.3 Å². The molecule has 2 aromatic heterocycles. The molecule has 102 valence electrons. The SMILES string of the molecule is Fc1ccccc1-c1nnc2sc(-c3ccccc3)nn12. The van der Waals surface area contributed by atoms with Crippen molar-refractivity contribution in [3.8, 4) is 22.0 Å². The van der Waals surface area contributed by atoms with Crippen LogP contribution in [0.5, 0.6) is 0 Å². The summed E-state index contributed by atoms with van der Waals surface area (Å²) in [6.45, 7) is 0. The molecule has 2 heterocycles. The fraction of sp³-hybridized carbons (Fsp3) is 0. The lowest BCUT2D eigenvalue weighted by molar-refractivity contribution is 0.629. The standard InChI is InChI=1S/C15H9FN4S/c16-12-9-5-4-8-11(12)13-17-18-15-20(13)19-14(21-15)10-6-2-1-3-7-10/h1-9H. The van der Waals surface area contributed by atoms with Gasteiger partial charge in [-0.2, -0.15) is 9.61 Å². The highest BCUT2D eigenvalue weighted by Crippen LogP contribution is 2.28. The van der Waals surface area contributed by atoms with E-state index in [1.165, 1.54) is 17.4 Å². The number of nitrogens with zero attached hydrogens (tertiary/aromatic N) is 4. The van der Waals surface area contributed by atoms with Crippen LogP contribution in [0, 0.1) is 5.82 Å². The van der Waals surface area contributed by atoms with Gasteiger partial charge in [0.2, 0.25) is 4.96 Å². The van der Waals surface area contributed by atoms with Crippen LogP contribution in [0.3, 0.4) is 0 Å². The topological polar surface area (TPSA) is 43.1 Å². The lowest BCUT2D eigenvalue weighted by Gasteiger charge is -1.98. The third-order valence-electron chi connectivity index (χ3n) is 3.13. The first-order valence-corrected chi connectivity index (χ1v) is 7.17. The van der Waals surface area contributed by atoms with Crippen molar-refractivity contribution in [2.75, 3.05) is 0 Å². The van der Waals surface area contributed by atoms with E-state index in [0.717, 1.165) is 10.6 Å². The molecule has 6 heteroatoms. The minimum atomic E-state index is -0.332. The second-order valence-corrected chi connectivity index (χ2v) is 5.43. The van der Waals surface area contributed by atoms with Gasteiger partial charge in [0, 0.05) is 5.56 Å². The van der Waals surface area contributed by atoms with Gasteiger partial charge < -0.3 is 0 Å². The van der Waals surface area contributed by atoms with Crippen molar-refractivity contribution in [1.29, 1.82) is 0 Å². The van der Waals surface area contributed by atoms with Gasteiger partial charge in [0.15, 0.2) is 5.82 Å². The van der Waals surface area contributed by atoms with E-state index in [9.17, 15) is 4.39 Å². The lowest BCUT2D eigenvalue weighted by atomic mass is 10.2. The maximum absolute atomic E-state index is 13.9. The average molecular weight is 296 g/mol. The number of hydrogen-bond donors (Lipinski definition) is 0. The van der Waals surface area contributed by atoms with Crippen molar-refractivity contribution in [3.05, 3.63) is 60.4 Å². The Morgan fingerprint density at radius 1 is 0.905 bits per heavy atom. The van der Waals surface area contributed by atoms with Crippen molar-refractivity contribution < 1.29 is 4.39 Å². The Bertz CT molecular complexity index is 914. The van der Waals surface area contributed by atoms with E-state index in [1.54, 1.807) is 22.7 Å². The van der Waals surface area contributed by atoms with E-state index in [-0.39, 0.29) is 5.82 Å². The average Bonchev–Trinajstić information content (AvgIpc) is 3.09. The number of benzene rings is 2. The van der Waals surface area contributed by atoms with Crippen molar-refractivity contribution in [3.63, 3.8) is 0 Å². The van der Waals surface area contributed by atoms with Crippen LogP contribution >= 0.6 is 11.3 Å². The molecule has 0 N–H and O–H groups in total. The molecular weight excluding hydrogens is 287 g/mol. The molecule has 0 saturated heterocycles. The number of halogens is 1. The summed E-state index contributed by atoms with van der Waals surface area (Å²) >= 11 is 1.43. The minimum Gasteiger partial charge on any atom is -0.206 e. The summed E-state index contributed by atoms with van der Waals surface area (Å²) in [5, 5.41) is 13.5. The fourth-order valence-corrected chi connectivity index (χ4v) is 2.97. The highest BCUT2D eigenvalue weighted by atomic mass is 32.1. The highest BCUT2D eigenvalue weighted by Gasteiger charge is 2.16. The predicted molar refractivity (Wildman–Crippen MR) is 79.5 cm³/mol. The molecular formula is C15H9FN4S. The summed E-state index contributed by atoms with van der Waals surface area (Å²) in [5.41, 5.74) is 1.40. The second kappa shape index (κ2) is 4.75. The largest absolute Gasteiger partial charge is 0.235 e. The summed E-state index contributed by atoms with van der Waals surface area (Å²) in [5.74, 6) is 0.0857. The van der Waals surface area contributed by atoms with Crippen molar-refractivity contribution in [1.82, 2.24) is 19.8 Å². The molecule has 0 spiro atoms. The van der Waals surface area contributed by atoms with Crippen LogP contribution in [0.2, 0.25) is 0 Å². The highest BCUT2D eigenvalue weighted by molar-refractivity contribution is 7.19. The fourth-order valence-electron chi connectivity index (χ4n) is 2.12. The summed E-state index contributed by atoms with van der Waals surface area (Å²) in [6.07, 6.45) is 0. The summed E-state index contributed by atoms with van der Waals surface area (Å²) in [7, 11) is 0. The molecule has 0 saturated carbocycles. The molecule has 0 aliphatic heterocycles. The quantitative estimate of drug-likeness (QED) is 0.567. The van der Waals surface area contributed by atoms with Gasteiger partial charge in [0.1, 0.15) is 10.8 Å². The zero-order valence-corrected chi connectivity index (χ0v) is 11.6. The van der Waals surface area contributed by atoms with E-state index in [1.807, 2.05) is 30.3 Å². The normalized spacial score (nSPS) is 11.1. The van der Waals surface area contributed by atoms with Crippen LogP contribution in [-0.2, 0) is 0 Å². The zero-order chi connectivity index (χ0) is 14.2. The molecule has 0 bridgehead atoms. The van der Waals surface area contributed by atoms with E-state index < -0.39 is 0 Å². The van der Waals surface area contributed by atoms with Crippen LogP contribution in [0.4, 0.5) is 4.39 Å². The van der Waals surface area contributed by atoms with Gasteiger partial charge in [-0.1, -0.05) is 53.8 Å². The smallest absolute Gasteiger partial charge is 0.206 e. The predicted octanol–water partition coefficient (Wildman–Crippen LogP) is 3.66. The maximum Gasteiger partial charge on any atom is 0.235 e. The number of rotatable bonds is 2. The Kier molecular flexibility index (Phi) is 2.75. The van der Waals surface area contributed by atoms with Gasteiger partial charge in [0.25, 0.3) is 0 Å². The molecule has 0 radical (unpaired) electrons. The van der Waals surface area contributed by atoms with Crippen LogP contribution in [0.25, 0.3) is 26.9 Å². The second-order valence-electron chi connectivity index (χ2n) is 4.47. The monoisotopic (exact) mass is 296 g/mol. The molecule has 2 aromatic carbocycles. The molecule has 0 unspecified atom stereocenters. The Morgan fingerprint density at radius 2 is 1.67 bits per heavy atom. The van der Waals surface area contributed by atoms with Gasteiger partial charge >= 0.3 is 0 Å². The summed E-state index contributed by atoms with van der Waals surface area (Å²) in [6, 6.07) is 16.3. The van der Waals surface area contributed by atoms with E-state index >= 15 is 0 Å². The van der Waals surface area contributed by atoms with E-state index in [0.29, 0.717) is 16.3 Å². The molecule has 0 amide bonds. The number of fused-ring (bicyclic) bond motifs is 1. The molecule has 4 rings (SSSR count). The van der Waals surface area contributed by atoms with Gasteiger partial charge in [-0.3, -0.25) is 0 Å². The molecule has 4 nitrogen and oxygen atoms in total. The first-order valence-electron chi connectivity index (χ1n) is 6.35. The Balaban J connectivity index is 1.90. The van der Waals surface area contributed by atoms with Gasteiger partial charge in [-0.25, -0.2) is 4.39 Å². The van der Waals surface area contributed by atoms with Gasteiger partial charge in [-0.15, -0.1) is 10.2 Å². The van der Waals surface area contributed by atoms with E-state index in [4.69, 9.17) is 0 Å². The van der Waals surface area contributed by atoms with Crippen LogP contribution in [0.1, 0.15) is 0 Å². The van der Waals surface area contributed by atoms with Crippen molar-refractivity contribution >= 4 is 16.3 Å². The van der Waals surface area contributed by atoms with Gasteiger partial charge in [0.05, 0.1) is 5.56 Å². The molecule has 0 atom stereocenters. The van der Waals surface area contributed by atoms with Gasteiger partial charge in [-0.05, 0) is 12.1 Å². The zero-order valence-electron chi connectivity index (χ0n) is 10.8. The maximum atomic E-state index is 13.9. The third-order valence-corrected chi connectivity index (χ3v) is 4.07. The molecule has 0 aliphatic rings. The minimum absolute atomic E-state index is 0.332. The molecule has 0 fully saturated rings. The van der Waals surface area contributed by atoms with Crippen LogP contribution < -0.4 is 0 Å². The Hall–Kier alpha value is -2.60. The summed E-state index contributed by atoms with van der Waals surface area (Å²) in [4.78, 5) is 0.645. The Morgan fingerprint density at radius 3 is 2.48 bits per heavy atom. The van der Waals surface area contributed by atoms with Crippen molar-refractivity contribution in [2.45, 2.75) is 0 Å². The number of hydrogen-bond acceptors (Lipinski definition) is 4.